The van der Waals surface area contributed by atoms with Gasteiger partial charge in [0.15, 0.2) is 0 Å². The first-order valence-electron chi connectivity index (χ1n) is 12.5. The fourth-order valence-electron chi connectivity index (χ4n) is 4.32. The van der Waals surface area contributed by atoms with Gasteiger partial charge in [0.25, 0.3) is 0 Å². The van der Waals surface area contributed by atoms with Crippen molar-refractivity contribution >= 4 is 11.9 Å². The van der Waals surface area contributed by atoms with E-state index in [0.717, 1.165) is 24.8 Å². The summed E-state index contributed by atoms with van der Waals surface area (Å²) in [4.78, 5) is 23.3. The van der Waals surface area contributed by atoms with E-state index in [1.807, 2.05) is 19.9 Å². The Morgan fingerprint density at radius 1 is 0.742 bits per heavy atom. The predicted octanol–water partition coefficient (Wildman–Crippen LogP) is 7.92. The third-order valence-electron chi connectivity index (χ3n) is 6.02. The van der Waals surface area contributed by atoms with Gasteiger partial charge in [0, 0.05) is 0 Å². The maximum atomic E-state index is 11.8. The van der Waals surface area contributed by atoms with E-state index in [9.17, 15) is 19.8 Å². The molecule has 0 saturated heterocycles. The Kier molecular flexibility index (Phi) is 13.9. The highest BCUT2D eigenvalue weighted by Gasteiger charge is 2.23. The van der Waals surface area contributed by atoms with E-state index in [4.69, 9.17) is 0 Å². The fraction of sp³-hybridized carbons (Fsp3) is 0.704. The zero-order valence-corrected chi connectivity index (χ0v) is 20.0. The molecule has 0 atom stereocenters. The number of unbranched alkanes of at least 4 members (excludes halogenated alkanes) is 12. The third-order valence-corrected chi connectivity index (χ3v) is 6.02. The third kappa shape index (κ3) is 10.8. The van der Waals surface area contributed by atoms with Crippen LogP contribution in [0.15, 0.2) is 12.1 Å². The zero-order chi connectivity index (χ0) is 23.1. The van der Waals surface area contributed by atoms with Gasteiger partial charge < -0.3 is 10.2 Å². The summed E-state index contributed by atoms with van der Waals surface area (Å²) in [6.07, 6.45) is 18.3. The van der Waals surface area contributed by atoms with E-state index in [2.05, 4.69) is 6.92 Å². The largest absolute Gasteiger partial charge is 0.478 e. The van der Waals surface area contributed by atoms with Gasteiger partial charge in [-0.3, -0.25) is 0 Å². The van der Waals surface area contributed by atoms with Crippen LogP contribution in [0.5, 0.6) is 0 Å². The quantitative estimate of drug-likeness (QED) is 0.231. The molecule has 31 heavy (non-hydrogen) atoms. The molecule has 4 heteroatoms. The lowest BCUT2D eigenvalue weighted by atomic mass is 9.88. The number of carbonyl (C=O) groups is 2. The normalized spacial score (nSPS) is 11.2. The van der Waals surface area contributed by atoms with Gasteiger partial charge in [0.2, 0.25) is 0 Å². The summed E-state index contributed by atoms with van der Waals surface area (Å²) in [5, 5.41) is 19.1. The number of benzene rings is 1. The number of rotatable bonds is 18. The average molecular weight is 433 g/mol. The Bertz CT molecular complexity index is 663. The molecule has 1 aromatic rings. The summed E-state index contributed by atoms with van der Waals surface area (Å²) >= 11 is 0. The van der Waals surface area contributed by atoms with E-state index < -0.39 is 11.9 Å². The van der Waals surface area contributed by atoms with Crippen molar-refractivity contribution in [1.82, 2.24) is 0 Å². The summed E-state index contributed by atoms with van der Waals surface area (Å²) in [6.45, 7) is 6.33. The van der Waals surface area contributed by atoms with Gasteiger partial charge >= 0.3 is 11.9 Å². The molecule has 0 aromatic heterocycles. The van der Waals surface area contributed by atoms with Crippen LogP contribution in [0.25, 0.3) is 0 Å². The summed E-state index contributed by atoms with van der Waals surface area (Å²) in [5.41, 5.74) is 1.59. The van der Waals surface area contributed by atoms with Crippen molar-refractivity contribution in [3.8, 4) is 0 Å². The van der Waals surface area contributed by atoms with E-state index in [0.29, 0.717) is 12.0 Å². The van der Waals surface area contributed by atoms with Gasteiger partial charge in [-0.25, -0.2) is 9.59 Å². The topological polar surface area (TPSA) is 74.6 Å². The molecule has 2 N–H and O–H groups in total. The molecule has 1 rings (SSSR count). The van der Waals surface area contributed by atoms with Crippen LogP contribution in [0.1, 0.15) is 136 Å². The lowest BCUT2D eigenvalue weighted by molar-refractivity contribution is 0.0650. The van der Waals surface area contributed by atoms with E-state index in [1.54, 1.807) is 0 Å². The fourth-order valence-corrected chi connectivity index (χ4v) is 4.32. The number of hydrogen-bond donors (Lipinski definition) is 2. The Hall–Kier alpha value is -1.84. The first kappa shape index (κ1) is 27.2. The van der Waals surface area contributed by atoms with Crippen LogP contribution < -0.4 is 0 Å². The molecule has 0 aliphatic carbocycles. The van der Waals surface area contributed by atoms with Gasteiger partial charge in [-0.05, 0) is 42.4 Å². The molecule has 0 unspecified atom stereocenters. The Morgan fingerprint density at radius 3 is 1.65 bits per heavy atom. The average Bonchev–Trinajstić information content (AvgIpc) is 2.71. The van der Waals surface area contributed by atoms with Crippen LogP contribution in [0.3, 0.4) is 0 Å². The highest BCUT2D eigenvalue weighted by molar-refractivity contribution is 6.03. The summed E-state index contributed by atoms with van der Waals surface area (Å²) in [5.74, 6) is -2.04. The number of aryl methyl sites for hydroxylation is 1. The van der Waals surface area contributed by atoms with Gasteiger partial charge in [0.1, 0.15) is 0 Å². The minimum Gasteiger partial charge on any atom is -0.478 e. The van der Waals surface area contributed by atoms with E-state index in [-0.39, 0.29) is 17.0 Å². The number of carboxylic acids is 2. The Balaban J connectivity index is 2.41. The Labute approximate surface area is 189 Å². The van der Waals surface area contributed by atoms with Gasteiger partial charge in [-0.1, -0.05) is 104 Å². The van der Waals surface area contributed by atoms with Crippen LogP contribution in [0, 0.1) is 5.92 Å². The highest BCUT2D eigenvalue weighted by atomic mass is 16.4. The molecule has 0 spiro atoms. The molecular weight excluding hydrogens is 388 g/mol. The van der Waals surface area contributed by atoms with Gasteiger partial charge in [0.05, 0.1) is 11.1 Å². The van der Waals surface area contributed by atoms with Crippen molar-refractivity contribution in [3.05, 3.63) is 34.4 Å². The SMILES string of the molecule is CCCCCCCCCCCCCCCc1ccc(C(=O)O)c(C(=O)O)c1CC(C)C. The van der Waals surface area contributed by atoms with Crippen LogP contribution in [0.4, 0.5) is 0 Å². The van der Waals surface area contributed by atoms with Crippen molar-refractivity contribution < 1.29 is 19.8 Å². The molecule has 0 aliphatic rings. The molecular formula is C27H44O4. The monoisotopic (exact) mass is 432 g/mol. The molecule has 4 nitrogen and oxygen atoms in total. The van der Waals surface area contributed by atoms with Crippen LogP contribution in [-0.2, 0) is 12.8 Å². The molecule has 0 saturated carbocycles. The lowest BCUT2D eigenvalue weighted by Crippen LogP contribution is -2.15. The van der Waals surface area contributed by atoms with Crippen molar-refractivity contribution in [2.24, 2.45) is 5.92 Å². The van der Waals surface area contributed by atoms with Crippen LogP contribution >= 0.6 is 0 Å². The molecule has 1 aromatic carbocycles. The molecule has 0 bridgehead atoms. The first-order chi connectivity index (χ1) is 14.9. The van der Waals surface area contributed by atoms with Gasteiger partial charge in [-0.2, -0.15) is 0 Å². The minimum atomic E-state index is -1.17. The molecule has 0 radical (unpaired) electrons. The van der Waals surface area contributed by atoms with Crippen molar-refractivity contribution in [3.63, 3.8) is 0 Å². The summed E-state index contributed by atoms with van der Waals surface area (Å²) < 4.78 is 0. The molecule has 0 fully saturated rings. The zero-order valence-electron chi connectivity index (χ0n) is 20.0. The molecule has 0 amide bonds. The highest BCUT2D eigenvalue weighted by Crippen LogP contribution is 2.25. The van der Waals surface area contributed by atoms with Crippen molar-refractivity contribution in [2.45, 2.75) is 117 Å². The summed E-state index contributed by atoms with van der Waals surface area (Å²) in [6, 6.07) is 3.29. The van der Waals surface area contributed by atoms with E-state index >= 15 is 0 Å². The summed E-state index contributed by atoms with van der Waals surface area (Å²) in [7, 11) is 0. The smallest absolute Gasteiger partial charge is 0.336 e. The molecule has 0 heterocycles. The first-order valence-corrected chi connectivity index (χ1v) is 12.5. The standard InChI is InChI=1S/C27H44O4/c1-4-5-6-7-8-9-10-11-12-13-14-15-16-17-22-18-19-23(26(28)29)25(27(30)31)24(22)20-21(2)3/h18-19,21H,4-17,20H2,1-3H3,(H,28,29)(H,30,31). The van der Waals surface area contributed by atoms with Crippen molar-refractivity contribution in [2.75, 3.05) is 0 Å². The number of carboxylic acid groups (broad SMARTS) is 2. The van der Waals surface area contributed by atoms with Crippen molar-refractivity contribution in [1.29, 1.82) is 0 Å². The maximum Gasteiger partial charge on any atom is 0.336 e. The lowest BCUT2D eigenvalue weighted by Gasteiger charge is -2.17. The number of hydrogen-bond acceptors (Lipinski definition) is 2. The second-order valence-corrected chi connectivity index (χ2v) is 9.33. The molecule has 0 aliphatic heterocycles. The molecule has 176 valence electrons. The Morgan fingerprint density at radius 2 is 1.23 bits per heavy atom. The second-order valence-electron chi connectivity index (χ2n) is 9.33. The number of aromatic carboxylic acids is 2. The second kappa shape index (κ2) is 15.9. The van der Waals surface area contributed by atoms with Crippen LogP contribution in [0.2, 0.25) is 0 Å². The van der Waals surface area contributed by atoms with E-state index in [1.165, 1.54) is 76.7 Å². The van der Waals surface area contributed by atoms with Gasteiger partial charge in [-0.15, -0.1) is 0 Å². The minimum absolute atomic E-state index is 0.0200. The maximum absolute atomic E-state index is 11.8. The predicted molar refractivity (Wildman–Crippen MR) is 128 cm³/mol. The van der Waals surface area contributed by atoms with Crippen LogP contribution in [-0.4, -0.2) is 22.2 Å².